The van der Waals surface area contributed by atoms with Gasteiger partial charge >= 0.3 is 5.97 Å². The number of fused-ring (bicyclic) bond motifs is 2. The molecule has 0 bridgehead atoms. The van der Waals surface area contributed by atoms with E-state index in [-0.39, 0.29) is 57.2 Å². The van der Waals surface area contributed by atoms with Gasteiger partial charge in [0.25, 0.3) is 0 Å². The van der Waals surface area contributed by atoms with Crippen molar-refractivity contribution in [1.82, 2.24) is 68.8 Å². The number of nitrogens with two attached hydrogens (primary N) is 5. The minimum Gasteiger partial charge on any atom is -0.497 e. The molecule has 12 atom stereocenters. The predicted octanol–water partition coefficient (Wildman–Crippen LogP) is -4.38. The van der Waals surface area contributed by atoms with Gasteiger partial charge in [0.1, 0.15) is 71.7 Å². The van der Waals surface area contributed by atoms with Crippen molar-refractivity contribution in [1.29, 1.82) is 0 Å². The van der Waals surface area contributed by atoms with Crippen LogP contribution in [0.1, 0.15) is 108 Å². The average molecular weight is 1610 g/mol. The van der Waals surface area contributed by atoms with Gasteiger partial charge in [-0.15, -0.1) is 0 Å². The fraction of sp³-hybridized carbons (Fsp3) is 0.453. The molecule has 114 heavy (non-hydrogen) atoms. The molecule has 0 saturated carbocycles. The van der Waals surface area contributed by atoms with Gasteiger partial charge in [-0.2, -0.15) is 11.8 Å². The molecule has 6 rings (SSSR count). The molecule has 1 aliphatic heterocycles. The highest BCUT2D eigenvalue weighted by atomic mass is 32.2. The van der Waals surface area contributed by atoms with Crippen molar-refractivity contribution in [2.75, 3.05) is 31.7 Å². The van der Waals surface area contributed by atoms with Gasteiger partial charge in [-0.05, 0) is 117 Å². The molecule has 25 N–H and O–H groups in total. The molecule has 616 valence electrons. The van der Waals surface area contributed by atoms with Crippen LogP contribution in [0.25, 0.3) is 21.7 Å². The van der Waals surface area contributed by atoms with E-state index >= 15 is 19.2 Å². The molecule has 2 heterocycles. The standard InChI is InChI=1S/C75H100N18O20S/c1-39(94)63-73(111)89-54(34-44-36-81-48-17-8-7-16-47(44)48)70(108)85-49(22-25-58(77)96)65(103)90-57(38-114-31-28-52(83-40(2)95)67(105)84-50(68(106)92-63)23-26-59(78)97)71(109)86-53(32-41-18-20-45(113-4)21-19-41)69(107)87-55(33-43-14-11-13-42-12-5-6-15-46(42)43)72(110)93-75(3,29-9-10-30-76)74(112)91-51(24-27-62(100)101)66(104)88-56(35-60(79)98)64(102)82-37-61(80)99/h5-8,11-21,36,39,49-57,63,81,94H,9-10,22-35,37-38,76H2,1-4H3,(H2,77,96)(H2,78,97)(H2,79,98)(H2,80,99)(H,82,102)(H,83,95)(H,84,105)(H,85,108)(H,86,109)(H,87,107)(H,88,104)(H,89,111)(H,90,103)(H,91,112)(H,92,106)(H,93,110)(H,100,101)/t39-,49+,50+,51+,52+,53+,54+,55+,56+,57+,63+,75+/m1/s1. The molecule has 1 aromatic heterocycles. The largest absolute Gasteiger partial charge is 0.497 e. The number of thioether (sulfide) groups is 1. The summed E-state index contributed by atoms with van der Waals surface area (Å²) in [6, 6.07) is 8.01. The summed E-state index contributed by atoms with van der Waals surface area (Å²) in [4.78, 5) is 238. The summed E-state index contributed by atoms with van der Waals surface area (Å²) in [5.41, 5.74) is 27.4. The SMILES string of the molecule is COc1ccc(C[C@H](NC(=O)[C@@H]2CSCC[C@H](NC(C)=O)C(=O)N[C@@H](CCC(N)=O)C(=O)N[C@@H]([C@@H](C)O)C(=O)N[C@@H](Cc3c[nH]c4ccccc34)C(=O)N[C@@H](CCC(N)=O)C(=O)N2)C(=O)N[C@@H](Cc2cccc3ccccc23)C(=O)N[C@@](C)(CCCCN)C(=O)N[C@@H](CCC(=O)O)C(=O)N[C@@H](CC(N)=O)C(=O)NCC(N)=O)cc1. The first-order valence-electron chi connectivity index (χ1n) is 36.6. The summed E-state index contributed by atoms with van der Waals surface area (Å²) >= 11 is 0.919. The van der Waals surface area contributed by atoms with Crippen molar-refractivity contribution in [3.8, 4) is 5.75 Å². The molecule has 5 aromatic rings. The number of nitrogens with one attached hydrogen (secondary N) is 13. The second-order valence-electron chi connectivity index (χ2n) is 27.6. The van der Waals surface area contributed by atoms with Crippen LogP contribution in [-0.2, 0) is 101 Å². The lowest BCUT2D eigenvalue weighted by Crippen LogP contribution is -2.64. The van der Waals surface area contributed by atoms with Crippen molar-refractivity contribution in [2.45, 2.75) is 183 Å². The molecule has 0 spiro atoms. The minimum atomic E-state index is -2.09. The van der Waals surface area contributed by atoms with Gasteiger partial charge in [-0.1, -0.05) is 72.8 Å². The lowest BCUT2D eigenvalue weighted by atomic mass is 9.91. The van der Waals surface area contributed by atoms with E-state index < -0.39 is 230 Å². The molecule has 38 nitrogen and oxygen atoms in total. The number of aliphatic hydroxyl groups is 1. The Morgan fingerprint density at radius 1 is 0.614 bits per heavy atom. The lowest BCUT2D eigenvalue weighted by molar-refractivity contribution is -0.140. The second-order valence-corrected chi connectivity index (χ2v) is 28.8. The Hall–Kier alpha value is -12.3. The van der Waals surface area contributed by atoms with E-state index in [1.54, 1.807) is 97.2 Å². The minimum absolute atomic E-state index is 0.0916. The number of aromatic amines is 1. The van der Waals surface area contributed by atoms with Gasteiger partial charge in [-0.25, -0.2) is 0 Å². The molecule has 0 radical (unpaired) electrons. The Morgan fingerprint density at radius 3 is 1.83 bits per heavy atom. The summed E-state index contributed by atoms with van der Waals surface area (Å²) in [7, 11) is 1.40. The molecule has 4 aromatic carbocycles. The summed E-state index contributed by atoms with van der Waals surface area (Å²) in [6.45, 7) is 2.88. The second kappa shape index (κ2) is 44.1. The number of para-hydroxylation sites is 1. The van der Waals surface area contributed by atoms with E-state index in [2.05, 4.69) is 68.8 Å². The number of amides is 16. The number of rotatable bonds is 37. The number of hydrogen-bond donors (Lipinski definition) is 20. The molecular weight excluding hydrogens is 1500 g/mol. The van der Waals surface area contributed by atoms with Crippen molar-refractivity contribution >= 4 is 134 Å². The van der Waals surface area contributed by atoms with Crippen molar-refractivity contribution < 1.29 is 96.5 Å². The maximum Gasteiger partial charge on any atom is 0.303 e. The third-order valence-electron chi connectivity index (χ3n) is 18.5. The number of methoxy groups -OCH3 is 1. The van der Waals surface area contributed by atoms with Gasteiger partial charge in [0.2, 0.25) is 94.5 Å². The van der Waals surface area contributed by atoms with Crippen molar-refractivity contribution in [3.05, 3.63) is 114 Å². The van der Waals surface area contributed by atoms with Crippen LogP contribution < -0.4 is 97.2 Å². The number of aliphatic hydroxyl groups excluding tert-OH is 1. The third kappa shape index (κ3) is 28.5. The van der Waals surface area contributed by atoms with E-state index in [4.69, 9.17) is 33.4 Å². The number of carboxylic acid groups (broad SMARTS) is 1. The fourth-order valence-electron chi connectivity index (χ4n) is 12.4. The zero-order valence-electron chi connectivity index (χ0n) is 63.4. The first kappa shape index (κ1) is 90.6. The molecule has 1 saturated heterocycles. The Morgan fingerprint density at radius 2 is 1.21 bits per heavy atom. The summed E-state index contributed by atoms with van der Waals surface area (Å²) in [6.07, 6.45) is -5.63. The van der Waals surface area contributed by atoms with Gasteiger partial charge in [0, 0.05) is 68.3 Å². The summed E-state index contributed by atoms with van der Waals surface area (Å²) in [5, 5.41) is 53.0. The third-order valence-corrected chi connectivity index (χ3v) is 19.6. The van der Waals surface area contributed by atoms with Crippen LogP contribution in [-0.4, -0.2) is 219 Å². The molecule has 1 aliphatic rings. The highest BCUT2D eigenvalue weighted by Crippen LogP contribution is 2.24. The van der Waals surface area contributed by atoms with Crippen molar-refractivity contribution in [2.24, 2.45) is 28.7 Å². The van der Waals surface area contributed by atoms with E-state index in [0.717, 1.165) is 25.6 Å². The Kier molecular flexibility index (Phi) is 35.1. The number of unbranched alkanes of at least 4 members (excludes halogenated alkanes) is 1. The normalized spacial score (nSPS) is 19.1. The lowest BCUT2D eigenvalue weighted by Gasteiger charge is -2.34. The number of carboxylic acids is 1. The van der Waals surface area contributed by atoms with Crippen LogP contribution >= 0.6 is 11.8 Å². The highest BCUT2D eigenvalue weighted by molar-refractivity contribution is 7.99. The molecule has 1 fully saturated rings. The van der Waals surface area contributed by atoms with Crippen LogP contribution in [0, 0.1) is 0 Å². The maximum absolute atomic E-state index is 15.7. The summed E-state index contributed by atoms with van der Waals surface area (Å²) in [5.74, 6) is -18.4. The fourth-order valence-corrected chi connectivity index (χ4v) is 13.4. The molecule has 0 aliphatic carbocycles. The van der Waals surface area contributed by atoms with Crippen LogP contribution in [0.5, 0.6) is 5.75 Å². The number of ether oxygens (including phenoxy) is 1. The van der Waals surface area contributed by atoms with Crippen LogP contribution in [0.4, 0.5) is 0 Å². The summed E-state index contributed by atoms with van der Waals surface area (Å²) < 4.78 is 5.40. The quantitative estimate of drug-likeness (QED) is 0.0167. The topological polar surface area (TPSA) is 630 Å². The number of benzene rings is 4. The Labute approximate surface area is 659 Å². The van der Waals surface area contributed by atoms with E-state index in [9.17, 15) is 72.5 Å². The van der Waals surface area contributed by atoms with Crippen molar-refractivity contribution in [3.63, 3.8) is 0 Å². The number of H-pyrrole nitrogens is 1. The van der Waals surface area contributed by atoms with Gasteiger partial charge in [0.05, 0.1) is 26.2 Å². The van der Waals surface area contributed by atoms with E-state index in [1.807, 2.05) is 0 Å². The van der Waals surface area contributed by atoms with E-state index in [0.29, 0.717) is 44.1 Å². The number of carbonyl (C=O) groups is 17. The zero-order valence-corrected chi connectivity index (χ0v) is 64.2. The molecule has 39 heteroatoms. The van der Waals surface area contributed by atoms with Crippen LogP contribution in [0.2, 0.25) is 0 Å². The van der Waals surface area contributed by atoms with E-state index in [1.165, 1.54) is 14.0 Å². The number of aromatic nitrogens is 1. The monoisotopic (exact) mass is 1600 g/mol. The van der Waals surface area contributed by atoms with Crippen LogP contribution in [0.3, 0.4) is 0 Å². The molecule has 0 unspecified atom stereocenters. The smallest absolute Gasteiger partial charge is 0.303 e. The zero-order chi connectivity index (χ0) is 83.9. The van der Waals surface area contributed by atoms with Gasteiger partial charge in [0.15, 0.2) is 0 Å². The first-order chi connectivity index (χ1) is 54.1. The molecule has 16 amide bonds. The highest BCUT2D eigenvalue weighted by Gasteiger charge is 2.42. The molecular formula is C75H100N18O20S. The number of hydrogen-bond acceptors (Lipinski definition) is 21. The van der Waals surface area contributed by atoms with Crippen LogP contribution in [0.15, 0.2) is 97.2 Å². The maximum atomic E-state index is 15.7. The number of primary amides is 4. The Bertz CT molecular complexity index is 4330. The van der Waals surface area contributed by atoms with Gasteiger partial charge < -0.3 is 112 Å². The number of carbonyl (C=O) groups excluding carboxylic acids is 16. The Balaban J connectivity index is 1.45. The van der Waals surface area contributed by atoms with Gasteiger partial charge in [-0.3, -0.25) is 81.5 Å². The number of aliphatic carboxylic acids is 1. The predicted molar refractivity (Wildman–Crippen MR) is 414 cm³/mol. The average Bonchev–Trinajstić information content (AvgIpc) is 1.43. The first-order valence-corrected chi connectivity index (χ1v) is 37.8.